The number of nitrogens with one attached hydrogen (secondary N) is 1. The number of amides is 1. The second-order valence-electron chi connectivity index (χ2n) is 5.25. The average molecular weight is 362 g/mol. The minimum absolute atomic E-state index is 0.0920. The quantitative estimate of drug-likeness (QED) is 0.871. The predicted octanol–water partition coefficient (Wildman–Crippen LogP) is 4.07. The van der Waals surface area contributed by atoms with E-state index in [4.69, 9.17) is 11.6 Å². The Hall–Kier alpha value is -2.09. The summed E-state index contributed by atoms with van der Waals surface area (Å²) in [6.45, 7) is 3.95. The number of nitrogens with zero attached hydrogens (tertiary/aromatic N) is 2. The molecule has 9 heteroatoms. The van der Waals surface area contributed by atoms with E-state index >= 15 is 0 Å². The molecule has 0 aliphatic carbocycles. The topological polar surface area (TPSA) is 68.0 Å². The van der Waals surface area contributed by atoms with E-state index in [-0.39, 0.29) is 34.8 Å². The highest BCUT2D eigenvalue weighted by Crippen LogP contribution is 2.30. The van der Waals surface area contributed by atoms with Gasteiger partial charge in [0.2, 0.25) is 11.7 Å². The Morgan fingerprint density at radius 3 is 2.67 bits per heavy atom. The molecule has 0 saturated heterocycles. The third-order valence-corrected chi connectivity index (χ3v) is 3.84. The largest absolute Gasteiger partial charge is 0.471 e. The summed E-state index contributed by atoms with van der Waals surface area (Å²) in [4.78, 5) is 15.1. The van der Waals surface area contributed by atoms with E-state index in [2.05, 4.69) is 20.0 Å². The van der Waals surface area contributed by atoms with Gasteiger partial charge in [-0.25, -0.2) is 0 Å². The van der Waals surface area contributed by atoms with E-state index in [0.717, 1.165) is 6.42 Å². The van der Waals surface area contributed by atoms with Crippen molar-refractivity contribution in [3.05, 3.63) is 34.7 Å². The maximum absolute atomic E-state index is 12.5. The Balaban J connectivity index is 2.12. The maximum atomic E-state index is 12.5. The lowest BCUT2D eigenvalue weighted by atomic mass is 10.1. The first kappa shape index (κ1) is 18.3. The van der Waals surface area contributed by atoms with Crippen molar-refractivity contribution in [1.29, 1.82) is 0 Å². The standard InChI is InChI=1S/C15H15ClF3N3O2/c1-3-8(2)13(23)20-7-10-5-4-9(6-11(10)16)12-21-14(24-22-12)15(17,18)19/h4-6,8H,3,7H2,1-2H3,(H,20,23). The van der Waals surface area contributed by atoms with Crippen LogP contribution in [0.1, 0.15) is 31.7 Å². The van der Waals surface area contributed by atoms with Gasteiger partial charge in [0, 0.05) is 23.0 Å². The molecule has 0 bridgehead atoms. The number of hydrogen-bond donors (Lipinski definition) is 1. The Labute approximate surface area is 141 Å². The molecule has 1 atom stereocenters. The highest BCUT2D eigenvalue weighted by molar-refractivity contribution is 6.31. The number of carbonyl (C=O) groups excluding carboxylic acids is 1. The van der Waals surface area contributed by atoms with Gasteiger partial charge in [0.05, 0.1) is 0 Å². The molecule has 1 aromatic heterocycles. The third kappa shape index (κ3) is 4.25. The number of halogens is 4. The highest BCUT2D eigenvalue weighted by Gasteiger charge is 2.38. The number of carbonyl (C=O) groups is 1. The van der Waals surface area contributed by atoms with Gasteiger partial charge in [0.1, 0.15) is 0 Å². The van der Waals surface area contributed by atoms with Crippen LogP contribution in [0.2, 0.25) is 5.02 Å². The number of alkyl halides is 3. The highest BCUT2D eigenvalue weighted by atomic mass is 35.5. The molecule has 1 N–H and O–H groups in total. The molecule has 0 fully saturated rings. The first-order valence-corrected chi connectivity index (χ1v) is 7.57. The molecule has 0 spiro atoms. The molecule has 5 nitrogen and oxygen atoms in total. The monoisotopic (exact) mass is 361 g/mol. The van der Waals surface area contributed by atoms with Gasteiger partial charge in [-0.3, -0.25) is 4.79 Å². The van der Waals surface area contributed by atoms with Gasteiger partial charge >= 0.3 is 12.1 Å². The Kier molecular flexibility index (Phi) is 5.48. The van der Waals surface area contributed by atoms with E-state index < -0.39 is 12.1 Å². The Bertz CT molecular complexity index is 731. The van der Waals surface area contributed by atoms with Gasteiger partial charge < -0.3 is 9.84 Å². The minimum atomic E-state index is -4.70. The lowest BCUT2D eigenvalue weighted by Crippen LogP contribution is -2.28. The summed E-state index contributed by atoms with van der Waals surface area (Å²) in [6.07, 6.45) is -3.98. The van der Waals surface area contributed by atoms with Gasteiger partial charge in [-0.15, -0.1) is 0 Å². The Morgan fingerprint density at radius 1 is 1.42 bits per heavy atom. The average Bonchev–Trinajstić information content (AvgIpc) is 3.02. The molecule has 24 heavy (non-hydrogen) atoms. The van der Waals surface area contributed by atoms with Crippen molar-refractivity contribution in [2.75, 3.05) is 0 Å². The Morgan fingerprint density at radius 2 is 2.12 bits per heavy atom. The van der Waals surface area contributed by atoms with E-state index in [9.17, 15) is 18.0 Å². The van der Waals surface area contributed by atoms with Crippen LogP contribution < -0.4 is 5.32 Å². The van der Waals surface area contributed by atoms with Crippen LogP contribution in [0.3, 0.4) is 0 Å². The van der Waals surface area contributed by atoms with Gasteiger partial charge in [0.15, 0.2) is 0 Å². The fraction of sp³-hybridized carbons (Fsp3) is 0.400. The van der Waals surface area contributed by atoms with Crippen LogP contribution in [0.25, 0.3) is 11.4 Å². The smallest absolute Gasteiger partial charge is 0.352 e. The van der Waals surface area contributed by atoms with Crippen molar-refractivity contribution in [3.8, 4) is 11.4 Å². The van der Waals surface area contributed by atoms with Crippen LogP contribution in [0.15, 0.2) is 22.7 Å². The molecule has 0 saturated carbocycles. The molecular weight excluding hydrogens is 347 g/mol. The summed E-state index contributed by atoms with van der Waals surface area (Å²) in [5, 5.41) is 6.34. The van der Waals surface area contributed by atoms with Crippen LogP contribution in [0.4, 0.5) is 13.2 Å². The van der Waals surface area contributed by atoms with E-state index in [1.54, 1.807) is 6.07 Å². The number of aromatic nitrogens is 2. The van der Waals surface area contributed by atoms with Crippen molar-refractivity contribution < 1.29 is 22.5 Å². The summed E-state index contributed by atoms with van der Waals surface area (Å²) in [5.41, 5.74) is 0.924. The first-order valence-electron chi connectivity index (χ1n) is 7.19. The van der Waals surface area contributed by atoms with Crippen molar-refractivity contribution in [1.82, 2.24) is 15.5 Å². The number of rotatable bonds is 5. The summed E-state index contributed by atoms with van der Waals surface area (Å²) in [5.74, 6) is -1.83. The zero-order valence-electron chi connectivity index (χ0n) is 12.9. The molecule has 2 aromatic rings. The van der Waals surface area contributed by atoms with Gasteiger partial charge in [-0.05, 0) is 18.1 Å². The normalized spacial score (nSPS) is 12.9. The summed E-state index contributed by atoms with van der Waals surface area (Å²) in [7, 11) is 0. The number of benzene rings is 1. The molecule has 130 valence electrons. The summed E-state index contributed by atoms with van der Waals surface area (Å²) >= 11 is 6.11. The van der Waals surface area contributed by atoms with Crippen molar-refractivity contribution in [2.24, 2.45) is 5.92 Å². The fourth-order valence-corrected chi connectivity index (χ4v) is 2.07. The predicted molar refractivity (Wildman–Crippen MR) is 81.0 cm³/mol. The summed E-state index contributed by atoms with van der Waals surface area (Å²) < 4.78 is 41.6. The molecule has 0 radical (unpaired) electrons. The SMILES string of the molecule is CCC(C)C(=O)NCc1ccc(-c2noc(C(F)(F)F)n2)cc1Cl. The number of hydrogen-bond acceptors (Lipinski definition) is 4. The third-order valence-electron chi connectivity index (χ3n) is 3.49. The van der Waals surface area contributed by atoms with Gasteiger partial charge in [-0.1, -0.05) is 42.7 Å². The minimum Gasteiger partial charge on any atom is -0.352 e. The summed E-state index contributed by atoms with van der Waals surface area (Å²) in [6, 6.07) is 4.54. The van der Waals surface area contributed by atoms with E-state index in [1.807, 2.05) is 13.8 Å². The van der Waals surface area contributed by atoms with Crippen LogP contribution in [-0.2, 0) is 17.5 Å². The molecule has 1 amide bonds. The lowest BCUT2D eigenvalue weighted by Gasteiger charge is -2.11. The molecule has 0 aliphatic heterocycles. The molecular formula is C15H15ClF3N3O2. The first-order chi connectivity index (χ1) is 11.2. The zero-order valence-corrected chi connectivity index (χ0v) is 13.7. The van der Waals surface area contributed by atoms with E-state index in [1.165, 1.54) is 12.1 Å². The molecule has 1 unspecified atom stereocenters. The van der Waals surface area contributed by atoms with Crippen LogP contribution >= 0.6 is 11.6 Å². The maximum Gasteiger partial charge on any atom is 0.471 e. The molecule has 1 heterocycles. The van der Waals surface area contributed by atoms with Crippen LogP contribution in [-0.4, -0.2) is 16.0 Å². The lowest BCUT2D eigenvalue weighted by molar-refractivity contribution is -0.159. The van der Waals surface area contributed by atoms with Crippen LogP contribution in [0.5, 0.6) is 0 Å². The van der Waals surface area contributed by atoms with Gasteiger partial charge in [0.25, 0.3) is 0 Å². The molecule has 2 rings (SSSR count). The molecule has 0 aliphatic rings. The van der Waals surface area contributed by atoms with Crippen LogP contribution in [0, 0.1) is 5.92 Å². The van der Waals surface area contributed by atoms with Crippen molar-refractivity contribution >= 4 is 17.5 Å². The van der Waals surface area contributed by atoms with Gasteiger partial charge in [-0.2, -0.15) is 18.2 Å². The molecule has 1 aromatic carbocycles. The fourth-order valence-electron chi connectivity index (χ4n) is 1.83. The van der Waals surface area contributed by atoms with Crippen molar-refractivity contribution in [3.63, 3.8) is 0 Å². The van der Waals surface area contributed by atoms with Crippen molar-refractivity contribution in [2.45, 2.75) is 33.0 Å². The second-order valence-corrected chi connectivity index (χ2v) is 5.66. The second kappa shape index (κ2) is 7.21. The zero-order chi connectivity index (χ0) is 17.9. The van der Waals surface area contributed by atoms with E-state index in [0.29, 0.717) is 5.56 Å².